The van der Waals surface area contributed by atoms with Crippen LogP contribution in [0.15, 0.2) is 64.5 Å². The minimum absolute atomic E-state index is 0.0628. The van der Waals surface area contributed by atoms with Crippen molar-refractivity contribution in [1.82, 2.24) is 10.2 Å². The monoisotopic (exact) mass is 895 g/mol. The van der Waals surface area contributed by atoms with Gasteiger partial charge in [0.25, 0.3) is 5.91 Å². The van der Waals surface area contributed by atoms with E-state index in [2.05, 4.69) is 57.4 Å². The summed E-state index contributed by atoms with van der Waals surface area (Å²) in [6, 6.07) is 4.34. The van der Waals surface area contributed by atoms with Crippen LogP contribution < -0.4 is 10.6 Å². The summed E-state index contributed by atoms with van der Waals surface area (Å²) in [6.45, 7) is 15.5. The lowest BCUT2D eigenvalue weighted by Crippen LogP contribution is -2.62. The smallest absolute Gasteiger partial charge is 0.311 e. The molecule has 0 bridgehead atoms. The van der Waals surface area contributed by atoms with E-state index >= 15 is 0 Å². The highest BCUT2D eigenvalue weighted by molar-refractivity contribution is 6.07. The van der Waals surface area contributed by atoms with E-state index < -0.39 is 17.4 Å². The number of esters is 1. The number of hydrogen-bond donors (Lipinski definition) is 3. The van der Waals surface area contributed by atoms with E-state index in [-0.39, 0.29) is 109 Å². The Balaban J connectivity index is 0.732. The molecule has 0 radical (unpaired) electrons. The Bertz CT molecular complexity index is 2310. The number of benzene rings is 1. The zero-order chi connectivity index (χ0) is 46.5. The van der Waals surface area contributed by atoms with Gasteiger partial charge in [0.1, 0.15) is 12.6 Å². The minimum Gasteiger partial charge on any atom is -0.504 e. The molecule has 1 unspecified atom stereocenters. The number of anilines is 1. The van der Waals surface area contributed by atoms with E-state index in [4.69, 9.17) is 18.9 Å². The summed E-state index contributed by atoms with van der Waals surface area (Å²) in [5, 5.41) is 15.6. The Morgan fingerprint density at radius 3 is 2.28 bits per heavy atom. The van der Waals surface area contributed by atoms with Crippen molar-refractivity contribution >= 4 is 41.1 Å². The molecule has 2 aliphatic heterocycles. The number of nitrogens with zero attached hydrogens (tertiary/aromatic N) is 1. The number of imide groups is 1. The van der Waals surface area contributed by atoms with Gasteiger partial charge in [-0.15, -0.1) is 0 Å². The van der Waals surface area contributed by atoms with Crippen molar-refractivity contribution in [3.63, 3.8) is 0 Å². The molecule has 5 aliphatic carbocycles. The first kappa shape index (κ1) is 46.6. The van der Waals surface area contributed by atoms with Gasteiger partial charge in [-0.3, -0.25) is 34.1 Å². The number of allylic oxidation sites excluding steroid dienone is 7. The molecule has 0 spiro atoms. The zero-order valence-corrected chi connectivity index (χ0v) is 38.8. The van der Waals surface area contributed by atoms with Gasteiger partial charge in [-0.25, -0.2) is 0 Å². The molecule has 65 heavy (non-hydrogen) atoms. The van der Waals surface area contributed by atoms with Gasteiger partial charge in [-0.1, -0.05) is 51.5 Å². The number of carbonyl (C=O) groups is 6. The van der Waals surface area contributed by atoms with Crippen LogP contribution in [-0.4, -0.2) is 97.7 Å². The molecule has 2 heterocycles. The summed E-state index contributed by atoms with van der Waals surface area (Å²) < 4.78 is 22.8. The maximum Gasteiger partial charge on any atom is 0.311 e. The van der Waals surface area contributed by atoms with Crippen LogP contribution in [0.4, 0.5) is 5.69 Å². The second-order valence-corrected chi connectivity index (χ2v) is 20.6. The van der Waals surface area contributed by atoms with Crippen LogP contribution in [0.5, 0.6) is 0 Å². The van der Waals surface area contributed by atoms with Crippen molar-refractivity contribution in [3.8, 4) is 0 Å². The molecule has 3 saturated carbocycles. The molecule has 4 amide bonds. The molecule has 7 aliphatic rings. The molecule has 0 aromatic heterocycles. The predicted octanol–water partition coefficient (Wildman–Crippen LogP) is 7.00. The molecule has 14 nitrogen and oxygen atoms in total. The van der Waals surface area contributed by atoms with Gasteiger partial charge in [0.05, 0.1) is 51.5 Å². The Morgan fingerprint density at radius 2 is 1.55 bits per heavy atom. The summed E-state index contributed by atoms with van der Waals surface area (Å²) in [6.07, 6.45) is 13.1. The summed E-state index contributed by atoms with van der Waals surface area (Å²) in [4.78, 5) is 78.0. The normalized spacial score (nSPS) is 32.8. The van der Waals surface area contributed by atoms with Gasteiger partial charge >= 0.3 is 5.97 Å². The molecule has 1 aromatic rings. The van der Waals surface area contributed by atoms with Crippen LogP contribution in [0.1, 0.15) is 122 Å². The molecule has 14 heteroatoms. The fourth-order valence-electron chi connectivity index (χ4n) is 12.6. The number of amides is 4. The number of ketones is 1. The molecule has 8 rings (SSSR count). The van der Waals surface area contributed by atoms with Crippen molar-refractivity contribution in [3.05, 3.63) is 75.6 Å². The van der Waals surface area contributed by atoms with Crippen LogP contribution >= 0.6 is 0 Å². The first-order valence-electron chi connectivity index (χ1n) is 23.4. The first-order valence-corrected chi connectivity index (χ1v) is 23.4. The van der Waals surface area contributed by atoms with Gasteiger partial charge < -0.3 is 34.3 Å². The van der Waals surface area contributed by atoms with Crippen LogP contribution in [0, 0.1) is 33.0 Å². The predicted molar refractivity (Wildman–Crippen MR) is 240 cm³/mol. The number of carbonyl (C=O) groups excluding carboxylic acids is 6. The average molecular weight is 896 g/mol. The lowest BCUT2D eigenvalue weighted by molar-refractivity contribution is -0.183. The molecule has 4 fully saturated rings. The van der Waals surface area contributed by atoms with Gasteiger partial charge in [0.2, 0.25) is 23.5 Å². The van der Waals surface area contributed by atoms with E-state index in [1.807, 2.05) is 6.92 Å². The number of piperidine rings is 1. The number of rotatable bonds is 15. The second kappa shape index (κ2) is 17.7. The summed E-state index contributed by atoms with van der Waals surface area (Å²) in [7, 11) is 0. The number of ether oxygens (including phenoxy) is 4. The largest absolute Gasteiger partial charge is 0.504 e. The Labute approximate surface area is 381 Å². The highest BCUT2D eigenvalue weighted by Gasteiger charge is 2.67. The van der Waals surface area contributed by atoms with Crippen molar-refractivity contribution in [1.29, 1.82) is 0 Å². The molecule has 1 aromatic carbocycles. The standard InChI is InChI=1S/C51H65N3O11/c1-31-32-10-12-39-49(4,35(32)28-38(55)43(31)58)18-20-51(6)40-29-48(3,16-15-47(40,2)17-19-50(39,51)5)46(61)65-27-26-64-25-24-63-23-22-62-21-14-42(57)52-36-9-7-8-33-34(36)30-54(45(33)60)37-11-13-41(56)53-44(37)59/h7-10,12,28,37,40,58H,11,13-27,29-30H2,1-6H3,(H,52,57)(H,53,56,59)/t37?,40-,47-,48-,49+,50-,51+/m1/s1. The van der Waals surface area contributed by atoms with Crippen molar-refractivity contribution in [2.45, 2.75) is 118 Å². The topological polar surface area (TPSA) is 187 Å². The van der Waals surface area contributed by atoms with E-state index in [0.717, 1.165) is 56.1 Å². The third-order valence-electron chi connectivity index (χ3n) is 16.9. The minimum atomic E-state index is -0.735. The summed E-state index contributed by atoms with van der Waals surface area (Å²) in [5.74, 6) is -1.75. The highest BCUT2D eigenvalue weighted by atomic mass is 16.6. The van der Waals surface area contributed by atoms with Crippen molar-refractivity contribution in [2.24, 2.45) is 33.0 Å². The number of fused-ring (bicyclic) bond motifs is 8. The van der Waals surface area contributed by atoms with Crippen molar-refractivity contribution in [2.75, 3.05) is 51.6 Å². The second-order valence-electron chi connectivity index (χ2n) is 20.6. The molecule has 1 saturated heterocycles. The fourth-order valence-corrected chi connectivity index (χ4v) is 12.6. The molecular weight excluding hydrogens is 831 g/mol. The van der Waals surface area contributed by atoms with E-state index in [1.165, 1.54) is 10.5 Å². The first-order chi connectivity index (χ1) is 30.8. The fraction of sp³-hybridized carbons (Fsp3) is 0.608. The quantitative estimate of drug-likeness (QED) is 0.0936. The highest BCUT2D eigenvalue weighted by Crippen LogP contribution is 2.75. The molecule has 350 valence electrons. The van der Waals surface area contributed by atoms with Crippen LogP contribution in [-0.2, 0) is 49.5 Å². The number of aliphatic hydroxyl groups excluding tert-OH is 1. The number of aliphatic hydroxyl groups is 1. The van der Waals surface area contributed by atoms with Crippen molar-refractivity contribution < 1.29 is 52.8 Å². The van der Waals surface area contributed by atoms with Gasteiger partial charge in [-0.2, -0.15) is 0 Å². The van der Waals surface area contributed by atoms with Crippen LogP contribution in [0.3, 0.4) is 0 Å². The van der Waals surface area contributed by atoms with E-state index in [9.17, 15) is 33.9 Å². The maximum atomic E-state index is 13.8. The lowest BCUT2D eigenvalue weighted by atomic mass is 9.34. The molecule has 7 atom stereocenters. The molecular formula is C51H65N3O11. The average Bonchev–Trinajstić information content (AvgIpc) is 3.61. The molecule has 3 N–H and O–H groups in total. The lowest BCUT2D eigenvalue weighted by Gasteiger charge is -2.70. The van der Waals surface area contributed by atoms with E-state index in [1.54, 1.807) is 24.3 Å². The maximum absolute atomic E-state index is 13.8. The Hall–Kier alpha value is -4.92. The zero-order valence-electron chi connectivity index (χ0n) is 38.8. The summed E-state index contributed by atoms with van der Waals surface area (Å²) >= 11 is 0. The van der Waals surface area contributed by atoms with E-state index in [0.29, 0.717) is 48.1 Å². The Kier molecular flexibility index (Phi) is 12.7. The Morgan fingerprint density at radius 1 is 0.862 bits per heavy atom. The number of hydrogen-bond acceptors (Lipinski definition) is 11. The van der Waals surface area contributed by atoms with Gasteiger partial charge in [-0.05, 0) is 117 Å². The van der Waals surface area contributed by atoms with Crippen LogP contribution in [0.2, 0.25) is 0 Å². The third kappa shape index (κ3) is 8.21. The third-order valence-corrected chi connectivity index (χ3v) is 16.9. The SMILES string of the molecule is CC1=C(O)C(=O)C=C2C1=CC=C1[C@@]2(C)CC[C@@]2(C)[C@@H]3C[C@](C)(C(=O)OCCOCCOCCOCCC(=O)Nc4cccc5c4CN(C4CCC(=O)NC4=O)C5=O)CC[C@]3(C)CC[C@]12C. The number of nitrogens with one attached hydrogen (secondary N) is 2. The van der Waals surface area contributed by atoms with Crippen LogP contribution in [0.25, 0.3) is 0 Å². The van der Waals surface area contributed by atoms with Gasteiger partial charge in [0, 0.05) is 40.8 Å². The van der Waals surface area contributed by atoms with Gasteiger partial charge in [0.15, 0.2) is 5.76 Å². The summed E-state index contributed by atoms with van der Waals surface area (Å²) in [5.41, 5.74) is 4.60.